The van der Waals surface area contributed by atoms with E-state index in [-0.39, 0.29) is 24.1 Å². The highest BCUT2D eigenvalue weighted by Crippen LogP contribution is 2.14. The van der Waals surface area contributed by atoms with Gasteiger partial charge in [-0.3, -0.25) is 9.59 Å². The van der Waals surface area contributed by atoms with E-state index in [9.17, 15) is 9.59 Å². The molecule has 1 rings (SSSR count). The van der Waals surface area contributed by atoms with E-state index in [1.807, 2.05) is 6.92 Å². The average Bonchev–Trinajstić information content (AvgIpc) is 2.30. The van der Waals surface area contributed by atoms with E-state index >= 15 is 0 Å². The summed E-state index contributed by atoms with van der Waals surface area (Å²) in [7, 11) is 0. The Bertz CT molecular complexity index is 290. The summed E-state index contributed by atoms with van der Waals surface area (Å²) in [5.74, 6) is -0.372. The van der Waals surface area contributed by atoms with E-state index in [4.69, 9.17) is 9.47 Å². The summed E-state index contributed by atoms with van der Waals surface area (Å²) < 4.78 is 10.3. The Labute approximate surface area is 107 Å². The van der Waals surface area contributed by atoms with Crippen LogP contribution in [0, 0.1) is 0 Å². The lowest BCUT2D eigenvalue weighted by atomic mass is 10.0. The zero-order valence-electron chi connectivity index (χ0n) is 11.1. The molecule has 0 aromatic heterocycles. The maximum absolute atomic E-state index is 11.4. The molecule has 1 aliphatic rings. The number of amides is 1. The van der Waals surface area contributed by atoms with E-state index in [0.29, 0.717) is 26.0 Å². The van der Waals surface area contributed by atoms with Crippen molar-refractivity contribution in [3.8, 4) is 0 Å². The molecule has 1 heterocycles. The lowest BCUT2D eigenvalue weighted by Crippen LogP contribution is -2.59. The number of esters is 1. The van der Waals surface area contributed by atoms with Crippen LogP contribution in [0.1, 0.15) is 26.7 Å². The van der Waals surface area contributed by atoms with Crippen molar-refractivity contribution in [2.45, 2.75) is 32.3 Å². The molecule has 0 aromatic rings. The number of ether oxygens (including phenoxy) is 2. The van der Waals surface area contributed by atoms with E-state index in [1.165, 1.54) is 0 Å². The van der Waals surface area contributed by atoms with Crippen molar-refractivity contribution in [1.82, 2.24) is 10.6 Å². The quantitative estimate of drug-likeness (QED) is 0.467. The van der Waals surface area contributed by atoms with Gasteiger partial charge in [0.1, 0.15) is 6.61 Å². The third-order valence-corrected chi connectivity index (χ3v) is 2.73. The van der Waals surface area contributed by atoms with Crippen molar-refractivity contribution in [3.05, 3.63) is 0 Å². The number of rotatable bonds is 8. The summed E-state index contributed by atoms with van der Waals surface area (Å²) in [5, 5.41) is 5.80. The summed E-state index contributed by atoms with van der Waals surface area (Å²) in [4.78, 5) is 22.5. The van der Waals surface area contributed by atoms with Crippen LogP contribution >= 0.6 is 0 Å². The van der Waals surface area contributed by atoms with E-state index in [0.717, 1.165) is 13.1 Å². The lowest BCUT2D eigenvalue weighted by Gasteiger charge is -2.38. The first-order valence-corrected chi connectivity index (χ1v) is 6.33. The fraction of sp³-hybridized carbons (Fsp3) is 0.833. The summed E-state index contributed by atoms with van der Waals surface area (Å²) in [5.41, 5.74) is -0.206. The third-order valence-electron chi connectivity index (χ3n) is 2.73. The number of hydrogen-bond acceptors (Lipinski definition) is 5. The van der Waals surface area contributed by atoms with Gasteiger partial charge < -0.3 is 20.1 Å². The highest BCUT2D eigenvalue weighted by molar-refractivity contribution is 5.77. The minimum Gasteiger partial charge on any atom is -0.466 e. The van der Waals surface area contributed by atoms with Crippen LogP contribution in [0.15, 0.2) is 0 Å². The molecule has 0 bridgehead atoms. The van der Waals surface area contributed by atoms with E-state index in [2.05, 4.69) is 10.6 Å². The van der Waals surface area contributed by atoms with Crippen LogP contribution in [0.5, 0.6) is 0 Å². The topological polar surface area (TPSA) is 76.7 Å². The van der Waals surface area contributed by atoms with E-state index in [1.54, 1.807) is 6.92 Å². The maximum atomic E-state index is 11.4. The standard InChI is InChI=1S/C12H22N2O4/c1-3-17-11(16)5-4-6-14-10(15)7-18-12(2)8-13-9-12/h13H,3-9H2,1-2H3,(H,14,15). The molecule has 6 heteroatoms. The predicted octanol–water partition coefficient (Wildman–Crippen LogP) is -0.176. The molecule has 1 amide bonds. The van der Waals surface area contributed by atoms with Crippen LogP contribution in [-0.4, -0.2) is 50.3 Å². The number of nitrogens with one attached hydrogen (secondary N) is 2. The van der Waals surface area contributed by atoms with Gasteiger partial charge >= 0.3 is 5.97 Å². The molecule has 0 spiro atoms. The molecule has 1 saturated heterocycles. The monoisotopic (exact) mass is 258 g/mol. The largest absolute Gasteiger partial charge is 0.466 e. The molecule has 0 radical (unpaired) electrons. The molecule has 1 aliphatic heterocycles. The van der Waals surface area contributed by atoms with Crippen molar-refractivity contribution in [1.29, 1.82) is 0 Å². The van der Waals surface area contributed by atoms with Gasteiger partial charge in [-0.2, -0.15) is 0 Å². The molecular weight excluding hydrogens is 236 g/mol. The zero-order valence-corrected chi connectivity index (χ0v) is 11.1. The summed E-state index contributed by atoms with van der Waals surface area (Å²) in [6, 6.07) is 0. The van der Waals surface area contributed by atoms with Gasteiger partial charge in [0, 0.05) is 26.1 Å². The summed E-state index contributed by atoms with van der Waals surface area (Å²) in [6.45, 7) is 6.23. The highest BCUT2D eigenvalue weighted by Gasteiger charge is 2.32. The van der Waals surface area contributed by atoms with Gasteiger partial charge in [-0.25, -0.2) is 0 Å². The fourth-order valence-electron chi connectivity index (χ4n) is 1.56. The van der Waals surface area contributed by atoms with Gasteiger partial charge in [-0.15, -0.1) is 0 Å². The molecule has 6 nitrogen and oxygen atoms in total. The van der Waals surface area contributed by atoms with Crippen molar-refractivity contribution in [2.24, 2.45) is 0 Å². The Balaban J connectivity index is 1.98. The van der Waals surface area contributed by atoms with Gasteiger partial charge in [0.25, 0.3) is 0 Å². The van der Waals surface area contributed by atoms with Crippen LogP contribution in [-0.2, 0) is 19.1 Å². The van der Waals surface area contributed by atoms with Crippen molar-refractivity contribution in [2.75, 3.05) is 32.8 Å². The Morgan fingerprint density at radius 1 is 1.39 bits per heavy atom. The molecule has 0 saturated carbocycles. The summed E-state index contributed by atoms with van der Waals surface area (Å²) >= 11 is 0. The smallest absolute Gasteiger partial charge is 0.305 e. The van der Waals surface area contributed by atoms with Crippen LogP contribution < -0.4 is 10.6 Å². The predicted molar refractivity (Wildman–Crippen MR) is 66.1 cm³/mol. The van der Waals surface area contributed by atoms with E-state index < -0.39 is 0 Å². The number of carbonyl (C=O) groups excluding carboxylic acids is 2. The van der Waals surface area contributed by atoms with Gasteiger partial charge in [0.2, 0.25) is 5.91 Å². The number of hydrogen-bond donors (Lipinski definition) is 2. The Morgan fingerprint density at radius 2 is 2.11 bits per heavy atom. The SMILES string of the molecule is CCOC(=O)CCCNC(=O)COC1(C)CNC1. The van der Waals surface area contributed by atoms with Gasteiger partial charge in [0.15, 0.2) is 0 Å². The summed E-state index contributed by atoms with van der Waals surface area (Å²) in [6.07, 6.45) is 0.917. The van der Waals surface area contributed by atoms with Crippen LogP contribution in [0.2, 0.25) is 0 Å². The molecule has 1 fully saturated rings. The Kier molecular flexibility index (Phi) is 6.07. The molecule has 104 valence electrons. The third kappa shape index (κ3) is 5.46. The second-order valence-corrected chi connectivity index (χ2v) is 4.60. The molecule has 0 atom stereocenters. The number of carbonyl (C=O) groups is 2. The van der Waals surface area contributed by atoms with Crippen molar-refractivity contribution in [3.63, 3.8) is 0 Å². The molecule has 0 aliphatic carbocycles. The first-order valence-electron chi connectivity index (χ1n) is 6.33. The fourth-order valence-corrected chi connectivity index (χ4v) is 1.56. The van der Waals surface area contributed by atoms with Gasteiger partial charge in [0.05, 0.1) is 12.2 Å². The van der Waals surface area contributed by atoms with Gasteiger partial charge in [-0.1, -0.05) is 0 Å². The first-order chi connectivity index (χ1) is 8.56. The molecular formula is C12H22N2O4. The average molecular weight is 258 g/mol. The van der Waals surface area contributed by atoms with Crippen LogP contribution in [0.25, 0.3) is 0 Å². The highest BCUT2D eigenvalue weighted by atomic mass is 16.5. The van der Waals surface area contributed by atoms with Crippen LogP contribution in [0.4, 0.5) is 0 Å². The molecule has 2 N–H and O–H groups in total. The Morgan fingerprint density at radius 3 is 2.67 bits per heavy atom. The lowest BCUT2D eigenvalue weighted by molar-refractivity contribution is -0.143. The van der Waals surface area contributed by atoms with Gasteiger partial charge in [-0.05, 0) is 20.3 Å². The minimum atomic E-state index is -0.226. The second kappa shape index (κ2) is 7.33. The van der Waals surface area contributed by atoms with Crippen molar-refractivity contribution >= 4 is 11.9 Å². The first kappa shape index (κ1) is 14.9. The maximum Gasteiger partial charge on any atom is 0.305 e. The Hall–Kier alpha value is -1.14. The normalized spacial score (nSPS) is 16.8. The molecule has 0 aromatic carbocycles. The van der Waals surface area contributed by atoms with Crippen LogP contribution in [0.3, 0.4) is 0 Å². The van der Waals surface area contributed by atoms with Crippen molar-refractivity contribution < 1.29 is 19.1 Å². The molecule has 18 heavy (non-hydrogen) atoms. The second-order valence-electron chi connectivity index (χ2n) is 4.60. The zero-order chi connectivity index (χ0) is 13.4. The minimum absolute atomic E-state index is 0.0671. The molecule has 0 unspecified atom stereocenters.